The largest absolute Gasteiger partial charge is 0.291 e. The number of hydrogen-bond donors (Lipinski definition) is 0. The highest BCUT2D eigenvalue weighted by Crippen LogP contribution is 2.21. The molecule has 3 aromatic rings. The molecule has 0 bridgehead atoms. The second-order valence-corrected chi connectivity index (χ2v) is 6.93. The standard InChI is InChI=1S/C21H18N4O6/c26-23(27)19-7-1-4-16(10-19)13-22(14-17-5-2-8-20(11-17)24(28)29)15-18-6-3-9-21(12-18)25(30)31/h1-12H,13-15H2. The van der Waals surface area contributed by atoms with Crippen LogP contribution < -0.4 is 0 Å². The molecule has 3 rings (SSSR count). The van der Waals surface area contributed by atoms with E-state index in [1.165, 1.54) is 36.4 Å². The molecule has 0 saturated carbocycles. The molecule has 0 aliphatic carbocycles. The Kier molecular flexibility index (Phi) is 6.63. The maximum absolute atomic E-state index is 11.1. The van der Waals surface area contributed by atoms with Gasteiger partial charge in [0.25, 0.3) is 17.1 Å². The van der Waals surface area contributed by atoms with Crippen molar-refractivity contribution in [2.45, 2.75) is 19.6 Å². The summed E-state index contributed by atoms with van der Waals surface area (Å²) < 4.78 is 0. The summed E-state index contributed by atoms with van der Waals surface area (Å²) in [5, 5.41) is 33.3. The molecule has 0 atom stereocenters. The maximum Gasteiger partial charge on any atom is 0.269 e. The summed E-state index contributed by atoms with van der Waals surface area (Å²) >= 11 is 0. The normalized spacial score (nSPS) is 10.7. The Labute approximate surface area is 176 Å². The van der Waals surface area contributed by atoms with Gasteiger partial charge in [-0.25, -0.2) is 0 Å². The van der Waals surface area contributed by atoms with E-state index in [1.54, 1.807) is 36.4 Å². The van der Waals surface area contributed by atoms with Crippen LogP contribution >= 0.6 is 0 Å². The van der Waals surface area contributed by atoms with Crippen LogP contribution in [0.4, 0.5) is 17.1 Å². The topological polar surface area (TPSA) is 133 Å². The number of non-ortho nitro benzene ring substituents is 3. The molecule has 10 heteroatoms. The van der Waals surface area contributed by atoms with Gasteiger partial charge in [0.2, 0.25) is 0 Å². The van der Waals surface area contributed by atoms with Crippen LogP contribution in [0.25, 0.3) is 0 Å². The smallest absolute Gasteiger partial charge is 0.269 e. The first-order chi connectivity index (χ1) is 14.8. The Morgan fingerprint density at radius 1 is 0.548 bits per heavy atom. The molecule has 0 fully saturated rings. The molecule has 0 aliphatic heterocycles. The fourth-order valence-corrected chi connectivity index (χ4v) is 3.25. The second kappa shape index (κ2) is 9.55. The summed E-state index contributed by atoms with van der Waals surface area (Å²) in [5.41, 5.74) is 1.94. The first-order valence-electron chi connectivity index (χ1n) is 9.24. The zero-order chi connectivity index (χ0) is 22.4. The number of nitrogens with zero attached hydrogens (tertiary/aromatic N) is 4. The van der Waals surface area contributed by atoms with Crippen molar-refractivity contribution in [2.24, 2.45) is 0 Å². The quantitative estimate of drug-likeness (QED) is 0.363. The van der Waals surface area contributed by atoms with Crippen molar-refractivity contribution in [1.29, 1.82) is 0 Å². The zero-order valence-corrected chi connectivity index (χ0v) is 16.3. The highest BCUT2D eigenvalue weighted by atomic mass is 16.6. The summed E-state index contributed by atoms with van der Waals surface area (Å²) in [4.78, 5) is 33.7. The Morgan fingerprint density at radius 2 is 0.839 bits per heavy atom. The molecule has 0 amide bonds. The van der Waals surface area contributed by atoms with Crippen molar-refractivity contribution in [2.75, 3.05) is 0 Å². The highest BCUT2D eigenvalue weighted by molar-refractivity contribution is 5.37. The summed E-state index contributed by atoms with van der Waals surface area (Å²) in [6.45, 7) is 0.938. The van der Waals surface area contributed by atoms with Gasteiger partial charge in [-0.3, -0.25) is 35.2 Å². The van der Waals surface area contributed by atoms with Crippen molar-refractivity contribution in [3.8, 4) is 0 Å². The van der Waals surface area contributed by atoms with E-state index in [1.807, 2.05) is 4.90 Å². The SMILES string of the molecule is O=[N+]([O-])c1cccc(CN(Cc2cccc([N+](=O)[O-])c2)Cc2cccc([N+](=O)[O-])c2)c1. The molecule has 3 aromatic carbocycles. The summed E-state index contributed by atoms with van der Waals surface area (Å²) in [6.07, 6.45) is 0. The van der Waals surface area contributed by atoms with Crippen LogP contribution in [0.5, 0.6) is 0 Å². The summed E-state index contributed by atoms with van der Waals surface area (Å²) in [5.74, 6) is 0. The zero-order valence-electron chi connectivity index (χ0n) is 16.3. The third-order valence-corrected chi connectivity index (χ3v) is 4.58. The molecule has 158 valence electrons. The molecule has 0 saturated heterocycles. The summed E-state index contributed by atoms with van der Waals surface area (Å²) in [6, 6.07) is 18.6. The van der Waals surface area contributed by atoms with Gasteiger partial charge >= 0.3 is 0 Å². The Bertz CT molecular complexity index is 993. The van der Waals surface area contributed by atoms with E-state index >= 15 is 0 Å². The van der Waals surface area contributed by atoms with Gasteiger partial charge in [0.15, 0.2) is 0 Å². The molecule has 0 aliphatic rings. The van der Waals surface area contributed by atoms with E-state index in [9.17, 15) is 30.3 Å². The van der Waals surface area contributed by atoms with Gasteiger partial charge in [-0.05, 0) is 16.7 Å². The van der Waals surface area contributed by atoms with Crippen LogP contribution in [0.15, 0.2) is 72.8 Å². The molecule has 0 aromatic heterocycles. The Balaban J connectivity index is 1.89. The number of hydrogen-bond acceptors (Lipinski definition) is 7. The van der Waals surface area contributed by atoms with Crippen LogP contribution in [-0.2, 0) is 19.6 Å². The van der Waals surface area contributed by atoms with Crippen LogP contribution in [0.1, 0.15) is 16.7 Å². The van der Waals surface area contributed by atoms with Crippen molar-refractivity contribution >= 4 is 17.1 Å². The van der Waals surface area contributed by atoms with Gasteiger partial charge in [-0.15, -0.1) is 0 Å². The van der Waals surface area contributed by atoms with E-state index in [0.29, 0.717) is 36.3 Å². The van der Waals surface area contributed by atoms with E-state index in [-0.39, 0.29) is 17.1 Å². The van der Waals surface area contributed by atoms with Gasteiger partial charge in [-0.2, -0.15) is 0 Å². The van der Waals surface area contributed by atoms with E-state index in [2.05, 4.69) is 0 Å². The lowest BCUT2D eigenvalue weighted by Gasteiger charge is -2.22. The third kappa shape index (κ3) is 5.90. The molecular formula is C21H18N4O6. The minimum Gasteiger partial charge on any atom is -0.291 e. The summed E-state index contributed by atoms with van der Waals surface area (Å²) in [7, 11) is 0. The van der Waals surface area contributed by atoms with Crippen molar-refractivity contribution < 1.29 is 14.8 Å². The number of nitro groups is 3. The second-order valence-electron chi connectivity index (χ2n) is 6.93. The molecule has 0 spiro atoms. The van der Waals surface area contributed by atoms with Crippen LogP contribution in [0.3, 0.4) is 0 Å². The fourth-order valence-electron chi connectivity index (χ4n) is 3.25. The Morgan fingerprint density at radius 3 is 1.10 bits per heavy atom. The van der Waals surface area contributed by atoms with Gasteiger partial charge in [0.05, 0.1) is 14.8 Å². The molecule has 0 N–H and O–H groups in total. The number of nitro benzene ring substituents is 3. The van der Waals surface area contributed by atoms with Crippen LogP contribution in [-0.4, -0.2) is 19.7 Å². The van der Waals surface area contributed by atoms with Gasteiger partial charge < -0.3 is 0 Å². The van der Waals surface area contributed by atoms with Crippen molar-refractivity contribution in [3.05, 3.63) is 120 Å². The van der Waals surface area contributed by atoms with Crippen LogP contribution in [0.2, 0.25) is 0 Å². The van der Waals surface area contributed by atoms with Crippen molar-refractivity contribution in [3.63, 3.8) is 0 Å². The predicted octanol–water partition coefficient (Wildman–Crippen LogP) is 4.61. The molecule has 10 nitrogen and oxygen atoms in total. The minimum atomic E-state index is -0.477. The lowest BCUT2D eigenvalue weighted by Crippen LogP contribution is -2.22. The maximum atomic E-state index is 11.1. The minimum absolute atomic E-state index is 0.0388. The monoisotopic (exact) mass is 422 g/mol. The van der Waals surface area contributed by atoms with E-state index in [4.69, 9.17) is 0 Å². The van der Waals surface area contributed by atoms with Crippen molar-refractivity contribution in [1.82, 2.24) is 4.90 Å². The first-order valence-corrected chi connectivity index (χ1v) is 9.24. The average Bonchev–Trinajstić information content (AvgIpc) is 2.74. The highest BCUT2D eigenvalue weighted by Gasteiger charge is 2.15. The number of benzene rings is 3. The van der Waals surface area contributed by atoms with Gasteiger partial charge in [0, 0.05) is 56.0 Å². The third-order valence-electron chi connectivity index (χ3n) is 4.58. The first kappa shape index (κ1) is 21.5. The van der Waals surface area contributed by atoms with Gasteiger partial charge in [-0.1, -0.05) is 36.4 Å². The van der Waals surface area contributed by atoms with E-state index in [0.717, 1.165) is 0 Å². The number of rotatable bonds is 9. The fraction of sp³-hybridized carbons (Fsp3) is 0.143. The Hall–Kier alpha value is -4.18. The molecule has 31 heavy (non-hydrogen) atoms. The molecule has 0 unspecified atom stereocenters. The molecule has 0 radical (unpaired) electrons. The lowest BCUT2D eigenvalue weighted by atomic mass is 10.1. The molecule has 0 heterocycles. The van der Waals surface area contributed by atoms with Crippen LogP contribution in [0, 0.1) is 30.3 Å². The van der Waals surface area contributed by atoms with Gasteiger partial charge in [0.1, 0.15) is 0 Å². The predicted molar refractivity (Wildman–Crippen MR) is 112 cm³/mol. The van der Waals surface area contributed by atoms with E-state index < -0.39 is 14.8 Å². The lowest BCUT2D eigenvalue weighted by molar-refractivity contribution is -0.385. The molecular weight excluding hydrogens is 404 g/mol. The average molecular weight is 422 g/mol.